The van der Waals surface area contributed by atoms with E-state index in [1.807, 2.05) is 0 Å². The van der Waals surface area contributed by atoms with E-state index >= 15 is 0 Å². The van der Waals surface area contributed by atoms with Gasteiger partial charge in [0.25, 0.3) is 0 Å². The highest BCUT2D eigenvalue weighted by Crippen LogP contribution is 2.29. The monoisotopic (exact) mass is 354 g/mol. The molecule has 0 aliphatic carbocycles. The van der Waals surface area contributed by atoms with E-state index in [-0.39, 0.29) is 11.6 Å². The van der Waals surface area contributed by atoms with E-state index in [4.69, 9.17) is 0 Å². The molecule has 0 fully saturated rings. The summed E-state index contributed by atoms with van der Waals surface area (Å²) in [5.74, 6) is -1.000. The van der Waals surface area contributed by atoms with Gasteiger partial charge in [-0.25, -0.2) is 9.59 Å². The standard InChI is InChI=1S/C18H30N2O3S/c1-3-5-7-8-9-10-12-19-18(23)20-16-15(17(21)22)13-14(24-16)11-6-4-2/h13H,3-12H2,1-2H3,(H,21,22)(H2,19,20,23). The third-order valence-electron chi connectivity index (χ3n) is 3.83. The number of hydrogen-bond acceptors (Lipinski definition) is 3. The summed E-state index contributed by atoms with van der Waals surface area (Å²) in [6, 6.07) is 1.35. The van der Waals surface area contributed by atoms with E-state index in [2.05, 4.69) is 24.5 Å². The van der Waals surface area contributed by atoms with E-state index in [1.165, 1.54) is 37.0 Å². The minimum Gasteiger partial charge on any atom is -0.478 e. The molecule has 3 N–H and O–H groups in total. The van der Waals surface area contributed by atoms with Crippen LogP contribution in [0.1, 0.15) is 80.4 Å². The summed E-state index contributed by atoms with van der Waals surface area (Å²) in [4.78, 5) is 24.2. The number of aromatic carboxylic acids is 1. The third-order valence-corrected chi connectivity index (χ3v) is 4.94. The van der Waals surface area contributed by atoms with Crippen LogP contribution in [0.2, 0.25) is 0 Å². The van der Waals surface area contributed by atoms with Crippen molar-refractivity contribution in [2.45, 2.75) is 71.6 Å². The Bertz CT molecular complexity index is 514. The van der Waals surface area contributed by atoms with Crippen molar-refractivity contribution in [2.24, 2.45) is 0 Å². The fourth-order valence-corrected chi connectivity index (χ4v) is 3.51. The van der Waals surface area contributed by atoms with Gasteiger partial charge in [0.05, 0.1) is 5.56 Å². The molecular formula is C18H30N2O3S. The highest BCUT2D eigenvalue weighted by Gasteiger charge is 2.16. The summed E-state index contributed by atoms with van der Waals surface area (Å²) in [6.07, 6.45) is 9.94. The minimum absolute atomic E-state index is 0.181. The molecule has 1 rings (SSSR count). The van der Waals surface area contributed by atoms with Crippen LogP contribution in [0.4, 0.5) is 9.80 Å². The number of thiophene rings is 1. The van der Waals surface area contributed by atoms with E-state index in [9.17, 15) is 14.7 Å². The number of unbranched alkanes of at least 4 members (excludes halogenated alkanes) is 6. The lowest BCUT2D eigenvalue weighted by Crippen LogP contribution is -2.29. The predicted octanol–water partition coefficient (Wildman–Crippen LogP) is 5.27. The Labute approximate surface area is 148 Å². The fraction of sp³-hybridized carbons (Fsp3) is 0.667. The van der Waals surface area contributed by atoms with Gasteiger partial charge in [-0.15, -0.1) is 11.3 Å². The van der Waals surface area contributed by atoms with Crippen molar-refractivity contribution in [3.05, 3.63) is 16.5 Å². The van der Waals surface area contributed by atoms with Gasteiger partial charge in [0.15, 0.2) is 0 Å². The van der Waals surface area contributed by atoms with Crippen molar-refractivity contribution >= 4 is 28.3 Å². The van der Waals surface area contributed by atoms with Gasteiger partial charge in [0, 0.05) is 11.4 Å². The largest absolute Gasteiger partial charge is 0.478 e. The maximum absolute atomic E-state index is 11.9. The van der Waals surface area contributed by atoms with Crippen LogP contribution in [0.3, 0.4) is 0 Å². The fourth-order valence-electron chi connectivity index (χ4n) is 2.42. The summed E-state index contributed by atoms with van der Waals surface area (Å²) in [5, 5.41) is 15.2. The third kappa shape index (κ3) is 7.81. The maximum Gasteiger partial charge on any atom is 0.338 e. The first-order valence-corrected chi connectivity index (χ1v) is 9.81. The van der Waals surface area contributed by atoms with Gasteiger partial charge < -0.3 is 10.4 Å². The lowest BCUT2D eigenvalue weighted by atomic mass is 10.1. The van der Waals surface area contributed by atoms with Crippen LogP contribution >= 0.6 is 11.3 Å². The Morgan fingerprint density at radius 2 is 1.71 bits per heavy atom. The molecule has 0 saturated carbocycles. The summed E-state index contributed by atoms with van der Waals surface area (Å²) in [7, 11) is 0. The zero-order valence-electron chi connectivity index (χ0n) is 14.8. The van der Waals surface area contributed by atoms with E-state index < -0.39 is 5.97 Å². The highest BCUT2D eigenvalue weighted by atomic mass is 32.1. The second-order valence-corrected chi connectivity index (χ2v) is 7.15. The van der Waals surface area contributed by atoms with E-state index in [0.717, 1.165) is 37.0 Å². The van der Waals surface area contributed by atoms with Crippen molar-refractivity contribution in [1.82, 2.24) is 5.32 Å². The Morgan fingerprint density at radius 1 is 1.04 bits per heavy atom. The molecule has 6 heteroatoms. The lowest BCUT2D eigenvalue weighted by molar-refractivity contribution is 0.0698. The Hall–Kier alpha value is -1.56. The maximum atomic E-state index is 11.9. The molecular weight excluding hydrogens is 324 g/mol. The SMILES string of the molecule is CCCCCCCCNC(=O)Nc1sc(CCCC)cc1C(=O)O. The molecule has 1 aromatic heterocycles. The van der Waals surface area contributed by atoms with Gasteiger partial charge in [-0.3, -0.25) is 5.32 Å². The molecule has 0 aliphatic rings. The average molecular weight is 355 g/mol. The molecule has 2 amide bonds. The average Bonchev–Trinajstić information content (AvgIpc) is 2.95. The molecule has 5 nitrogen and oxygen atoms in total. The second-order valence-electron chi connectivity index (χ2n) is 6.01. The van der Waals surface area contributed by atoms with Gasteiger partial charge in [0.1, 0.15) is 5.00 Å². The van der Waals surface area contributed by atoms with Crippen molar-refractivity contribution in [3.8, 4) is 0 Å². The predicted molar refractivity (Wildman–Crippen MR) is 100 cm³/mol. The number of amides is 2. The van der Waals surface area contributed by atoms with Crippen LogP contribution in [0, 0.1) is 0 Å². The van der Waals surface area contributed by atoms with Crippen molar-refractivity contribution in [1.29, 1.82) is 0 Å². The van der Waals surface area contributed by atoms with Crippen molar-refractivity contribution in [3.63, 3.8) is 0 Å². The molecule has 1 heterocycles. The number of carbonyl (C=O) groups is 2. The molecule has 0 radical (unpaired) electrons. The number of carbonyl (C=O) groups excluding carboxylic acids is 1. The summed E-state index contributed by atoms with van der Waals surface area (Å²) >= 11 is 1.36. The molecule has 0 unspecified atom stereocenters. The second kappa shape index (κ2) is 11.9. The molecule has 0 atom stereocenters. The van der Waals surface area contributed by atoms with Crippen molar-refractivity contribution < 1.29 is 14.7 Å². The molecule has 24 heavy (non-hydrogen) atoms. The normalized spacial score (nSPS) is 10.6. The van der Waals surface area contributed by atoms with Gasteiger partial charge in [-0.1, -0.05) is 52.4 Å². The Morgan fingerprint density at radius 3 is 2.38 bits per heavy atom. The number of aryl methyl sites for hydroxylation is 1. The molecule has 0 aliphatic heterocycles. The minimum atomic E-state index is -1.000. The van der Waals surface area contributed by atoms with Gasteiger partial charge in [-0.05, 0) is 25.3 Å². The molecule has 0 aromatic carbocycles. The van der Waals surface area contributed by atoms with Gasteiger partial charge in [0.2, 0.25) is 0 Å². The van der Waals surface area contributed by atoms with Crippen LogP contribution in [0.15, 0.2) is 6.07 Å². The topological polar surface area (TPSA) is 78.4 Å². The summed E-state index contributed by atoms with van der Waals surface area (Å²) in [6.45, 7) is 4.91. The number of hydrogen-bond donors (Lipinski definition) is 3. The van der Waals surface area contributed by atoms with Crippen molar-refractivity contribution in [2.75, 3.05) is 11.9 Å². The number of urea groups is 1. The first-order valence-electron chi connectivity index (χ1n) is 8.99. The smallest absolute Gasteiger partial charge is 0.338 e. The van der Waals surface area contributed by atoms with E-state index in [1.54, 1.807) is 6.07 Å². The van der Waals surface area contributed by atoms with E-state index in [0.29, 0.717) is 11.5 Å². The Balaban J connectivity index is 2.39. The van der Waals surface area contributed by atoms with Crippen LogP contribution < -0.4 is 10.6 Å². The molecule has 0 bridgehead atoms. The van der Waals surface area contributed by atoms with Crippen LogP contribution in [-0.4, -0.2) is 23.7 Å². The van der Waals surface area contributed by atoms with Gasteiger partial charge in [-0.2, -0.15) is 0 Å². The zero-order valence-corrected chi connectivity index (χ0v) is 15.6. The summed E-state index contributed by atoms with van der Waals surface area (Å²) in [5.41, 5.74) is 0.181. The quantitative estimate of drug-likeness (QED) is 0.447. The Kier molecular flexibility index (Phi) is 10.2. The van der Waals surface area contributed by atoms with Crippen LogP contribution in [-0.2, 0) is 6.42 Å². The molecule has 136 valence electrons. The molecule has 0 saturated heterocycles. The molecule has 0 spiro atoms. The molecule has 1 aromatic rings. The highest BCUT2D eigenvalue weighted by molar-refractivity contribution is 7.16. The number of carboxylic acid groups (broad SMARTS) is 1. The number of anilines is 1. The first-order chi connectivity index (χ1) is 11.6. The van der Waals surface area contributed by atoms with Gasteiger partial charge >= 0.3 is 12.0 Å². The number of nitrogens with one attached hydrogen (secondary N) is 2. The first kappa shape index (κ1) is 20.5. The van der Waals surface area contributed by atoms with Crippen LogP contribution in [0.5, 0.6) is 0 Å². The number of rotatable bonds is 12. The zero-order chi connectivity index (χ0) is 17.8. The lowest BCUT2D eigenvalue weighted by Gasteiger charge is -2.07. The summed E-state index contributed by atoms with van der Waals surface area (Å²) < 4.78 is 0. The number of carboxylic acids is 1. The van der Waals surface area contributed by atoms with Crippen LogP contribution in [0.25, 0.3) is 0 Å².